The molecule has 5 nitrogen and oxygen atoms in total. The second-order valence-corrected chi connectivity index (χ2v) is 8.37. The van der Waals surface area contributed by atoms with Crippen molar-refractivity contribution < 1.29 is 14.0 Å². The van der Waals surface area contributed by atoms with Crippen molar-refractivity contribution in [2.24, 2.45) is 11.8 Å². The minimum absolute atomic E-state index is 0.0192. The lowest BCUT2D eigenvalue weighted by atomic mass is 9.78. The van der Waals surface area contributed by atoms with Crippen LogP contribution in [-0.2, 0) is 16.1 Å². The average Bonchev–Trinajstić information content (AvgIpc) is 3.21. The van der Waals surface area contributed by atoms with E-state index in [0.717, 1.165) is 54.6 Å². The molecule has 2 fully saturated rings. The number of amides is 1. The Bertz CT molecular complexity index is 863. The molecule has 0 unspecified atom stereocenters. The van der Waals surface area contributed by atoms with E-state index in [9.17, 15) is 9.18 Å². The van der Waals surface area contributed by atoms with Gasteiger partial charge >= 0.3 is 0 Å². The number of hydrogen-bond acceptors (Lipinski definition) is 4. The fraction of sp³-hybridized carbons (Fsp3) is 0.522. The van der Waals surface area contributed by atoms with E-state index in [1.807, 2.05) is 38.2 Å². The summed E-state index contributed by atoms with van der Waals surface area (Å²) in [7, 11) is 0. The number of carbonyl (C=O) groups excluding carboxylic acids is 1. The first-order valence-corrected chi connectivity index (χ1v) is 10.5. The molecule has 2 aromatic rings. The molecule has 2 aromatic heterocycles. The SMILES string of the molecule is Cc1ccc([C@@H]2CCON2C(=O)C2CCC(Cc3cc(C)ncc3F)CC2)cn1. The van der Waals surface area contributed by atoms with Crippen molar-refractivity contribution in [3.8, 4) is 0 Å². The summed E-state index contributed by atoms with van der Waals surface area (Å²) < 4.78 is 14.0. The minimum atomic E-state index is -0.228. The van der Waals surface area contributed by atoms with Crippen LogP contribution in [0.3, 0.4) is 0 Å². The Morgan fingerprint density at radius 3 is 2.59 bits per heavy atom. The monoisotopic (exact) mass is 397 g/mol. The maximum absolute atomic E-state index is 14.0. The standard InChI is InChI=1S/C23H28FN3O2/c1-15-3-6-19(13-25-15)22-9-10-29-27(22)23(28)18-7-4-17(5-8-18)12-20-11-16(2)26-14-21(20)24/h3,6,11,13-14,17-18,22H,4-5,7-10,12H2,1-2H3/t17?,18?,22-/m0/s1. The number of nitrogens with zero attached hydrogens (tertiary/aromatic N) is 3. The number of aryl methyl sites for hydroxylation is 2. The molecule has 154 valence electrons. The van der Waals surface area contributed by atoms with E-state index in [1.165, 1.54) is 6.20 Å². The summed E-state index contributed by atoms with van der Waals surface area (Å²) in [4.78, 5) is 27.2. The minimum Gasteiger partial charge on any atom is -0.272 e. The van der Waals surface area contributed by atoms with Gasteiger partial charge in [0.15, 0.2) is 0 Å². The Hall–Kier alpha value is -2.34. The maximum atomic E-state index is 14.0. The van der Waals surface area contributed by atoms with E-state index in [2.05, 4.69) is 9.97 Å². The molecule has 1 amide bonds. The highest BCUT2D eigenvalue weighted by atomic mass is 19.1. The van der Waals surface area contributed by atoms with Crippen LogP contribution in [0.5, 0.6) is 0 Å². The topological polar surface area (TPSA) is 55.3 Å². The molecule has 0 bridgehead atoms. The van der Waals surface area contributed by atoms with Gasteiger partial charge in [0.05, 0.1) is 18.8 Å². The number of rotatable bonds is 4. The highest BCUT2D eigenvalue weighted by Gasteiger charge is 2.37. The lowest BCUT2D eigenvalue weighted by molar-refractivity contribution is -0.183. The van der Waals surface area contributed by atoms with Crippen LogP contribution < -0.4 is 0 Å². The first-order chi connectivity index (χ1) is 14.0. The molecule has 0 spiro atoms. The quantitative estimate of drug-likeness (QED) is 0.763. The van der Waals surface area contributed by atoms with Gasteiger partial charge in [0.2, 0.25) is 5.91 Å². The van der Waals surface area contributed by atoms with Crippen molar-refractivity contribution in [3.63, 3.8) is 0 Å². The van der Waals surface area contributed by atoms with Crippen LogP contribution in [0.25, 0.3) is 0 Å². The molecule has 0 aromatic carbocycles. The summed E-state index contributed by atoms with van der Waals surface area (Å²) in [5.74, 6) is 0.243. The van der Waals surface area contributed by atoms with Crippen LogP contribution in [0.1, 0.15) is 60.7 Å². The Balaban J connectivity index is 1.36. The smallest absolute Gasteiger partial charge is 0.249 e. The molecule has 29 heavy (non-hydrogen) atoms. The largest absolute Gasteiger partial charge is 0.272 e. The average molecular weight is 397 g/mol. The van der Waals surface area contributed by atoms with Crippen molar-refractivity contribution in [2.45, 2.75) is 58.4 Å². The number of halogens is 1. The van der Waals surface area contributed by atoms with Gasteiger partial charge in [-0.1, -0.05) is 6.07 Å². The molecule has 1 saturated carbocycles. The van der Waals surface area contributed by atoms with Gasteiger partial charge in [-0.3, -0.25) is 19.6 Å². The molecule has 2 aliphatic rings. The van der Waals surface area contributed by atoms with E-state index < -0.39 is 0 Å². The van der Waals surface area contributed by atoms with E-state index in [-0.39, 0.29) is 23.7 Å². The van der Waals surface area contributed by atoms with Crippen LogP contribution >= 0.6 is 0 Å². The highest BCUT2D eigenvalue weighted by Crippen LogP contribution is 2.37. The van der Waals surface area contributed by atoms with Gasteiger partial charge in [0.1, 0.15) is 5.82 Å². The molecule has 3 heterocycles. The zero-order valence-corrected chi connectivity index (χ0v) is 17.1. The van der Waals surface area contributed by atoms with E-state index in [0.29, 0.717) is 18.9 Å². The van der Waals surface area contributed by atoms with Crippen LogP contribution in [0.15, 0.2) is 30.6 Å². The Morgan fingerprint density at radius 1 is 1.10 bits per heavy atom. The lowest BCUT2D eigenvalue weighted by Crippen LogP contribution is -2.36. The molecule has 1 atom stereocenters. The molecule has 1 saturated heterocycles. The first-order valence-electron chi connectivity index (χ1n) is 10.5. The normalized spacial score (nSPS) is 24.7. The Labute approximate surface area is 171 Å². The zero-order valence-electron chi connectivity index (χ0n) is 17.1. The fourth-order valence-corrected chi connectivity index (χ4v) is 4.53. The first kappa shape index (κ1) is 20.0. The van der Waals surface area contributed by atoms with Crippen LogP contribution in [0.4, 0.5) is 4.39 Å². The van der Waals surface area contributed by atoms with Crippen molar-refractivity contribution in [2.75, 3.05) is 6.61 Å². The summed E-state index contributed by atoms with van der Waals surface area (Å²) in [5, 5.41) is 1.59. The summed E-state index contributed by atoms with van der Waals surface area (Å²) in [5.41, 5.74) is 3.57. The predicted octanol–water partition coefficient (Wildman–Crippen LogP) is 4.49. The second-order valence-electron chi connectivity index (χ2n) is 8.37. The molecule has 4 rings (SSSR count). The number of hydroxylamine groups is 2. The molecular formula is C23H28FN3O2. The summed E-state index contributed by atoms with van der Waals surface area (Å²) in [6.45, 7) is 4.39. The summed E-state index contributed by atoms with van der Waals surface area (Å²) in [6, 6.07) is 5.79. The Morgan fingerprint density at radius 2 is 1.86 bits per heavy atom. The van der Waals surface area contributed by atoms with E-state index in [4.69, 9.17) is 4.84 Å². The van der Waals surface area contributed by atoms with Gasteiger partial charge in [0, 0.05) is 29.9 Å². The fourth-order valence-electron chi connectivity index (χ4n) is 4.53. The third kappa shape index (κ3) is 4.47. The number of carbonyl (C=O) groups is 1. The number of hydrogen-bond donors (Lipinski definition) is 0. The van der Waals surface area contributed by atoms with Gasteiger partial charge in [-0.2, -0.15) is 0 Å². The number of aromatic nitrogens is 2. The van der Waals surface area contributed by atoms with Gasteiger partial charge < -0.3 is 0 Å². The molecule has 0 radical (unpaired) electrons. The van der Waals surface area contributed by atoms with Crippen molar-refractivity contribution in [1.29, 1.82) is 0 Å². The third-order valence-electron chi connectivity index (χ3n) is 6.22. The summed E-state index contributed by atoms with van der Waals surface area (Å²) >= 11 is 0. The van der Waals surface area contributed by atoms with Crippen molar-refractivity contribution >= 4 is 5.91 Å². The van der Waals surface area contributed by atoms with Crippen LogP contribution in [-0.4, -0.2) is 27.5 Å². The van der Waals surface area contributed by atoms with E-state index >= 15 is 0 Å². The second kappa shape index (κ2) is 8.57. The van der Waals surface area contributed by atoms with Gasteiger partial charge in [-0.15, -0.1) is 0 Å². The number of pyridine rings is 2. The molecule has 6 heteroatoms. The molecular weight excluding hydrogens is 369 g/mol. The highest BCUT2D eigenvalue weighted by molar-refractivity contribution is 5.78. The lowest BCUT2D eigenvalue weighted by Gasteiger charge is -2.32. The van der Waals surface area contributed by atoms with Gasteiger partial charge in [-0.25, -0.2) is 9.45 Å². The van der Waals surface area contributed by atoms with Crippen molar-refractivity contribution in [1.82, 2.24) is 15.0 Å². The molecule has 1 aliphatic carbocycles. The van der Waals surface area contributed by atoms with Crippen LogP contribution in [0.2, 0.25) is 0 Å². The van der Waals surface area contributed by atoms with E-state index in [1.54, 1.807) is 5.06 Å². The zero-order chi connectivity index (χ0) is 20.4. The molecule has 0 N–H and O–H groups in total. The third-order valence-corrected chi connectivity index (χ3v) is 6.22. The molecule has 1 aliphatic heterocycles. The predicted molar refractivity (Wildman–Crippen MR) is 107 cm³/mol. The Kier molecular flexibility index (Phi) is 5.90. The van der Waals surface area contributed by atoms with Crippen molar-refractivity contribution in [3.05, 3.63) is 58.9 Å². The summed E-state index contributed by atoms with van der Waals surface area (Å²) in [6.07, 6.45) is 8.19. The maximum Gasteiger partial charge on any atom is 0.249 e. The van der Waals surface area contributed by atoms with Gasteiger partial charge in [0.25, 0.3) is 0 Å². The van der Waals surface area contributed by atoms with Crippen LogP contribution in [0, 0.1) is 31.5 Å². The van der Waals surface area contributed by atoms with Gasteiger partial charge in [-0.05, 0) is 75.1 Å².